The van der Waals surface area contributed by atoms with Crippen LogP contribution in [0.25, 0.3) is 11.0 Å². The van der Waals surface area contributed by atoms with Crippen LogP contribution < -0.4 is 5.32 Å². The van der Waals surface area contributed by atoms with E-state index in [-0.39, 0.29) is 11.3 Å². The fourth-order valence-electron chi connectivity index (χ4n) is 3.06. The van der Waals surface area contributed by atoms with E-state index in [9.17, 15) is 22.8 Å². The van der Waals surface area contributed by atoms with Crippen LogP contribution >= 0.6 is 11.6 Å². The van der Waals surface area contributed by atoms with E-state index in [2.05, 4.69) is 15.3 Å². The Kier molecular flexibility index (Phi) is 5.63. The van der Waals surface area contributed by atoms with E-state index in [4.69, 9.17) is 11.6 Å². The Labute approximate surface area is 184 Å². The fourth-order valence-corrected chi connectivity index (χ4v) is 3.29. The lowest BCUT2D eigenvalue weighted by Gasteiger charge is -2.11. The van der Waals surface area contributed by atoms with Crippen LogP contribution in [0.15, 0.2) is 73.1 Å². The first-order valence-electron chi connectivity index (χ1n) is 9.26. The highest BCUT2D eigenvalue weighted by molar-refractivity contribution is 6.31. The second-order valence-corrected chi connectivity index (χ2v) is 7.22. The van der Waals surface area contributed by atoms with Crippen LogP contribution in [0.1, 0.15) is 31.8 Å². The predicted molar refractivity (Wildman–Crippen MR) is 114 cm³/mol. The number of aromatic nitrogens is 2. The zero-order chi connectivity index (χ0) is 22.9. The van der Waals surface area contributed by atoms with E-state index in [0.717, 1.165) is 6.07 Å². The molecule has 0 radical (unpaired) electrons. The Bertz CT molecular complexity index is 1340. The van der Waals surface area contributed by atoms with Crippen LogP contribution in [0.5, 0.6) is 0 Å². The minimum Gasteiger partial charge on any atom is -0.322 e. The van der Waals surface area contributed by atoms with E-state index in [1.54, 1.807) is 24.4 Å². The predicted octanol–water partition coefficient (Wildman–Crippen LogP) is 5.79. The number of rotatable bonds is 4. The number of amides is 1. The zero-order valence-corrected chi connectivity index (χ0v) is 16.9. The molecule has 0 aliphatic rings. The van der Waals surface area contributed by atoms with Crippen molar-refractivity contribution >= 4 is 40.0 Å². The number of carbonyl (C=O) groups is 2. The number of fused-ring (bicyclic) bond motifs is 1. The number of ketones is 1. The van der Waals surface area contributed by atoms with Gasteiger partial charge in [0.25, 0.3) is 5.91 Å². The molecule has 0 aliphatic heterocycles. The Balaban J connectivity index is 1.51. The zero-order valence-electron chi connectivity index (χ0n) is 16.2. The van der Waals surface area contributed by atoms with Gasteiger partial charge in [-0.15, -0.1) is 0 Å². The van der Waals surface area contributed by atoms with Gasteiger partial charge >= 0.3 is 6.18 Å². The third-order valence-electron chi connectivity index (χ3n) is 4.67. The lowest BCUT2D eigenvalue weighted by atomic mass is 10.0. The molecule has 9 heteroatoms. The molecule has 0 fully saturated rings. The molecule has 1 heterocycles. The molecule has 4 aromatic rings. The SMILES string of the molecule is O=C(Nc1ccc(C(=O)c2ccc3nccnc3c2)cc1)c1ccc(Cl)c(C(F)(F)F)c1. The van der Waals surface area contributed by atoms with Gasteiger partial charge in [0.2, 0.25) is 0 Å². The van der Waals surface area contributed by atoms with E-state index < -0.39 is 22.7 Å². The molecule has 0 aliphatic carbocycles. The van der Waals surface area contributed by atoms with E-state index >= 15 is 0 Å². The summed E-state index contributed by atoms with van der Waals surface area (Å²) >= 11 is 5.58. The number of alkyl halides is 3. The van der Waals surface area contributed by atoms with Crippen LogP contribution in [0.4, 0.5) is 18.9 Å². The van der Waals surface area contributed by atoms with Crippen molar-refractivity contribution in [2.75, 3.05) is 5.32 Å². The third kappa shape index (κ3) is 4.45. The quantitative estimate of drug-likeness (QED) is 0.396. The molecule has 0 bridgehead atoms. The molecule has 5 nitrogen and oxygen atoms in total. The molecular weight excluding hydrogens is 443 g/mol. The first-order chi connectivity index (χ1) is 15.2. The lowest BCUT2D eigenvalue weighted by molar-refractivity contribution is -0.137. The van der Waals surface area contributed by atoms with E-state index in [0.29, 0.717) is 33.9 Å². The van der Waals surface area contributed by atoms with Gasteiger partial charge in [-0.3, -0.25) is 19.6 Å². The second-order valence-electron chi connectivity index (χ2n) is 6.81. The van der Waals surface area contributed by atoms with Gasteiger partial charge in [-0.05, 0) is 60.7 Å². The summed E-state index contributed by atoms with van der Waals surface area (Å²) < 4.78 is 39.0. The van der Waals surface area contributed by atoms with Gasteiger partial charge in [-0.2, -0.15) is 13.2 Å². The normalized spacial score (nSPS) is 11.4. The number of anilines is 1. The van der Waals surface area contributed by atoms with Crippen LogP contribution in [0.3, 0.4) is 0 Å². The van der Waals surface area contributed by atoms with Crippen LogP contribution in [-0.4, -0.2) is 21.7 Å². The first kappa shape index (κ1) is 21.5. The standard InChI is InChI=1S/C23H13ClF3N3O2/c24-18-7-3-15(11-17(18)23(25,26)27)22(32)30-16-5-1-13(2-6-16)21(31)14-4-8-19-20(12-14)29-10-9-28-19/h1-12H,(H,30,32). The molecule has 0 spiro atoms. The van der Waals surface area contributed by atoms with Gasteiger partial charge in [-0.25, -0.2) is 0 Å². The molecule has 3 aromatic carbocycles. The molecule has 0 unspecified atom stereocenters. The summed E-state index contributed by atoms with van der Waals surface area (Å²) in [7, 11) is 0. The number of nitrogens with zero attached hydrogens (tertiary/aromatic N) is 2. The summed E-state index contributed by atoms with van der Waals surface area (Å²) in [5.74, 6) is -0.984. The minimum atomic E-state index is -4.68. The molecule has 0 saturated carbocycles. The first-order valence-corrected chi connectivity index (χ1v) is 9.64. The van der Waals surface area contributed by atoms with Crippen molar-refractivity contribution in [3.8, 4) is 0 Å². The molecule has 1 N–H and O–H groups in total. The number of nitrogens with one attached hydrogen (secondary N) is 1. The average molecular weight is 456 g/mol. The number of halogens is 4. The van der Waals surface area contributed by atoms with Gasteiger partial charge in [-0.1, -0.05) is 11.6 Å². The van der Waals surface area contributed by atoms with Crippen molar-refractivity contribution in [3.05, 3.63) is 100 Å². The monoisotopic (exact) mass is 455 g/mol. The Morgan fingerprint density at radius 3 is 2.09 bits per heavy atom. The minimum absolute atomic E-state index is 0.195. The summed E-state index contributed by atoms with van der Waals surface area (Å²) in [6.07, 6.45) is -1.58. The topological polar surface area (TPSA) is 72.0 Å². The summed E-state index contributed by atoms with van der Waals surface area (Å²) in [5, 5.41) is 2.02. The lowest BCUT2D eigenvalue weighted by Crippen LogP contribution is -2.14. The van der Waals surface area contributed by atoms with Crippen LogP contribution in [0, 0.1) is 0 Å². The van der Waals surface area contributed by atoms with Gasteiger partial charge < -0.3 is 5.32 Å². The fraction of sp³-hybridized carbons (Fsp3) is 0.0435. The Morgan fingerprint density at radius 1 is 0.781 bits per heavy atom. The van der Waals surface area contributed by atoms with E-state index in [1.807, 2.05) is 0 Å². The number of carbonyl (C=O) groups excluding carboxylic acids is 2. The van der Waals surface area contributed by atoms with Crippen molar-refractivity contribution in [1.82, 2.24) is 9.97 Å². The average Bonchev–Trinajstić information content (AvgIpc) is 2.78. The largest absolute Gasteiger partial charge is 0.417 e. The van der Waals surface area contributed by atoms with Crippen molar-refractivity contribution in [2.45, 2.75) is 6.18 Å². The molecule has 0 atom stereocenters. The van der Waals surface area contributed by atoms with Gasteiger partial charge in [0.15, 0.2) is 5.78 Å². The highest BCUT2D eigenvalue weighted by Crippen LogP contribution is 2.35. The van der Waals surface area contributed by atoms with Crippen molar-refractivity contribution < 1.29 is 22.8 Å². The molecule has 1 amide bonds. The van der Waals surface area contributed by atoms with E-state index in [1.165, 1.54) is 36.5 Å². The van der Waals surface area contributed by atoms with Crippen molar-refractivity contribution in [1.29, 1.82) is 0 Å². The molecule has 32 heavy (non-hydrogen) atoms. The molecule has 1 aromatic heterocycles. The smallest absolute Gasteiger partial charge is 0.322 e. The summed E-state index contributed by atoms with van der Waals surface area (Å²) in [5.41, 5.74) is 1.08. The van der Waals surface area contributed by atoms with Crippen molar-refractivity contribution in [3.63, 3.8) is 0 Å². The number of benzene rings is 3. The molecule has 160 valence electrons. The Hall–Kier alpha value is -3.78. The Morgan fingerprint density at radius 2 is 1.41 bits per heavy atom. The molecule has 4 rings (SSSR count). The molecular formula is C23H13ClF3N3O2. The third-order valence-corrected chi connectivity index (χ3v) is 5.00. The number of hydrogen-bond acceptors (Lipinski definition) is 4. The number of hydrogen-bond donors (Lipinski definition) is 1. The van der Waals surface area contributed by atoms with Crippen molar-refractivity contribution in [2.24, 2.45) is 0 Å². The van der Waals surface area contributed by atoms with Gasteiger partial charge in [0.05, 0.1) is 21.6 Å². The maximum atomic E-state index is 13.0. The summed E-state index contributed by atoms with van der Waals surface area (Å²) in [6.45, 7) is 0. The van der Waals surface area contributed by atoms with Crippen LogP contribution in [0.2, 0.25) is 5.02 Å². The highest BCUT2D eigenvalue weighted by Gasteiger charge is 2.33. The summed E-state index contributed by atoms with van der Waals surface area (Å²) in [6, 6.07) is 13.9. The highest BCUT2D eigenvalue weighted by atomic mass is 35.5. The van der Waals surface area contributed by atoms with Crippen LogP contribution in [-0.2, 0) is 6.18 Å². The maximum absolute atomic E-state index is 13.0. The van der Waals surface area contributed by atoms with Gasteiger partial charge in [0, 0.05) is 34.8 Å². The molecule has 0 saturated heterocycles. The second kappa shape index (κ2) is 8.39. The summed E-state index contributed by atoms with van der Waals surface area (Å²) in [4.78, 5) is 33.5. The maximum Gasteiger partial charge on any atom is 0.417 e. The van der Waals surface area contributed by atoms with Gasteiger partial charge in [0.1, 0.15) is 0 Å².